The molecule has 16 heavy (non-hydrogen) atoms. The van der Waals surface area contributed by atoms with Gasteiger partial charge in [-0.3, -0.25) is 0 Å². The van der Waals surface area contributed by atoms with E-state index in [0.29, 0.717) is 5.02 Å². The van der Waals surface area contributed by atoms with Crippen LogP contribution in [0.3, 0.4) is 0 Å². The van der Waals surface area contributed by atoms with Crippen LogP contribution in [-0.2, 0) is 0 Å². The van der Waals surface area contributed by atoms with Crippen LogP contribution in [0.15, 0.2) is 23.2 Å². The molecule has 0 aromatic heterocycles. The Hall–Kier alpha value is -1.06. The molecule has 0 amide bonds. The minimum Gasteiger partial charge on any atom is -0.357 e. The van der Waals surface area contributed by atoms with Gasteiger partial charge in [0.1, 0.15) is 0 Å². The Labute approximate surface area is 101 Å². The molecule has 3 nitrogen and oxygen atoms in total. The molecule has 86 valence electrons. The van der Waals surface area contributed by atoms with Gasteiger partial charge >= 0.3 is 0 Å². The first-order valence-electron chi connectivity index (χ1n) is 5.24. The van der Waals surface area contributed by atoms with Crippen LogP contribution in [0.2, 0.25) is 5.02 Å². The van der Waals surface area contributed by atoms with E-state index in [2.05, 4.69) is 4.99 Å². The molecule has 0 saturated heterocycles. The van der Waals surface area contributed by atoms with E-state index >= 15 is 0 Å². The summed E-state index contributed by atoms with van der Waals surface area (Å²) in [5, 5.41) is 0.703. The third kappa shape index (κ3) is 1.93. The van der Waals surface area contributed by atoms with Crippen molar-refractivity contribution in [2.45, 2.75) is 25.4 Å². The fourth-order valence-corrected chi connectivity index (χ4v) is 2.39. The molecule has 0 aliphatic carbocycles. The first kappa shape index (κ1) is 11.4. The lowest BCUT2D eigenvalue weighted by molar-refractivity contribution is 0.255. The first-order valence-corrected chi connectivity index (χ1v) is 5.62. The van der Waals surface area contributed by atoms with Gasteiger partial charge in [-0.2, -0.15) is 0 Å². The topological polar surface area (TPSA) is 41.6 Å². The lowest BCUT2D eigenvalue weighted by atomic mass is 9.87. The average molecular weight is 238 g/mol. The second-order valence-corrected chi connectivity index (χ2v) is 5.27. The molecular weight excluding hydrogens is 222 g/mol. The summed E-state index contributed by atoms with van der Waals surface area (Å²) < 4.78 is 0. The Morgan fingerprint density at radius 2 is 2.12 bits per heavy atom. The standard InChI is InChI=1S/C12H16ClN3/c1-12(2,14)11-9-5-4-8(13)6-10(9)15-7-16(11)3/h4-7,11H,14H2,1-3H3. The number of nitrogens with two attached hydrogens (primary N) is 1. The number of halogens is 1. The maximum Gasteiger partial charge on any atom is 0.0915 e. The number of benzene rings is 1. The molecule has 1 aliphatic heterocycles. The van der Waals surface area contributed by atoms with E-state index < -0.39 is 0 Å². The van der Waals surface area contributed by atoms with Gasteiger partial charge in [-0.25, -0.2) is 4.99 Å². The largest absolute Gasteiger partial charge is 0.357 e. The van der Waals surface area contributed by atoms with E-state index in [-0.39, 0.29) is 11.6 Å². The summed E-state index contributed by atoms with van der Waals surface area (Å²) in [6.45, 7) is 4.04. The quantitative estimate of drug-likeness (QED) is 0.816. The van der Waals surface area contributed by atoms with Crippen LogP contribution in [0.25, 0.3) is 0 Å². The molecule has 2 N–H and O–H groups in total. The number of fused-ring (bicyclic) bond motifs is 1. The summed E-state index contributed by atoms with van der Waals surface area (Å²) in [4.78, 5) is 6.40. The first-order chi connectivity index (χ1) is 7.39. The molecule has 1 aromatic rings. The van der Waals surface area contributed by atoms with Crippen molar-refractivity contribution in [3.05, 3.63) is 28.8 Å². The molecule has 1 aromatic carbocycles. The lowest BCUT2D eigenvalue weighted by Crippen LogP contribution is -2.47. The molecular formula is C12H16ClN3. The molecule has 0 bridgehead atoms. The maximum atomic E-state index is 6.22. The molecule has 1 atom stereocenters. The Morgan fingerprint density at radius 1 is 1.44 bits per heavy atom. The van der Waals surface area contributed by atoms with Gasteiger partial charge in [-0.15, -0.1) is 0 Å². The highest BCUT2D eigenvalue weighted by Gasteiger charge is 2.33. The van der Waals surface area contributed by atoms with E-state index in [0.717, 1.165) is 11.3 Å². The number of likely N-dealkylation sites (N-methyl/N-ethyl adjacent to an activating group) is 1. The van der Waals surface area contributed by atoms with Crippen LogP contribution in [0.5, 0.6) is 0 Å². The van der Waals surface area contributed by atoms with Crippen LogP contribution in [0.1, 0.15) is 25.5 Å². The SMILES string of the molecule is CN1C=Nc2cc(Cl)ccc2C1C(C)(C)N. The van der Waals surface area contributed by atoms with Crippen LogP contribution in [-0.4, -0.2) is 23.8 Å². The molecule has 0 radical (unpaired) electrons. The minimum atomic E-state index is -0.330. The number of hydrogen-bond acceptors (Lipinski definition) is 3. The van der Waals surface area contributed by atoms with Gasteiger partial charge in [-0.1, -0.05) is 17.7 Å². The van der Waals surface area contributed by atoms with Crippen molar-refractivity contribution in [1.29, 1.82) is 0 Å². The van der Waals surface area contributed by atoms with Gasteiger partial charge in [0.15, 0.2) is 0 Å². The second-order valence-electron chi connectivity index (χ2n) is 4.84. The van der Waals surface area contributed by atoms with Gasteiger partial charge in [0.25, 0.3) is 0 Å². The Morgan fingerprint density at radius 3 is 2.75 bits per heavy atom. The summed E-state index contributed by atoms with van der Waals surface area (Å²) in [5.41, 5.74) is 7.93. The van der Waals surface area contributed by atoms with Crippen LogP contribution in [0, 0.1) is 0 Å². The molecule has 2 rings (SSSR count). The number of nitrogens with zero attached hydrogens (tertiary/aromatic N) is 2. The number of hydrogen-bond donors (Lipinski definition) is 1. The predicted molar refractivity (Wildman–Crippen MR) is 68.4 cm³/mol. The van der Waals surface area contributed by atoms with Crippen molar-refractivity contribution in [3.63, 3.8) is 0 Å². The van der Waals surface area contributed by atoms with Crippen molar-refractivity contribution in [3.8, 4) is 0 Å². The van der Waals surface area contributed by atoms with Crippen molar-refractivity contribution < 1.29 is 0 Å². The zero-order valence-corrected chi connectivity index (χ0v) is 10.5. The van der Waals surface area contributed by atoms with Crippen LogP contribution >= 0.6 is 11.6 Å². The smallest absolute Gasteiger partial charge is 0.0915 e. The fourth-order valence-electron chi connectivity index (χ4n) is 2.22. The zero-order chi connectivity index (χ0) is 11.9. The summed E-state index contributed by atoms with van der Waals surface area (Å²) in [5.74, 6) is 0. The van der Waals surface area contributed by atoms with E-state index in [4.69, 9.17) is 17.3 Å². The monoisotopic (exact) mass is 237 g/mol. The fraction of sp³-hybridized carbons (Fsp3) is 0.417. The molecule has 1 aliphatic rings. The highest BCUT2D eigenvalue weighted by atomic mass is 35.5. The molecule has 0 saturated carbocycles. The number of aliphatic imine (C=N–C) groups is 1. The highest BCUT2D eigenvalue weighted by molar-refractivity contribution is 6.30. The Balaban J connectivity index is 2.54. The predicted octanol–water partition coefficient (Wildman–Crippen LogP) is 2.72. The normalized spacial score (nSPS) is 19.8. The third-order valence-electron chi connectivity index (χ3n) is 2.78. The Bertz CT molecular complexity index is 434. The molecule has 1 heterocycles. The van der Waals surface area contributed by atoms with Crippen molar-refractivity contribution in [2.75, 3.05) is 7.05 Å². The summed E-state index contributed by atoms with van der Waals surface area (Å²) in [7, 11) is 1.99. The third-order valence-corrected chi connectivity index (χ3v) is 3.01. The summed E-state index contributed by atoms with van der Waals surface area (Å²) in [6.07, 6.45) is 1.80. The van der Waals surface area contributed by atoms with Gasteiger partial charge in [0.2, 0.25) is 0 Å². The van der Waals surface area contributed by atoms with Crippen molar-refractivity contribution >= 4 is 23.6 Å². The van der Waals surface area contributed by atoms with E-state index in [1.165, 1.54) is 0 Å². The zero-order valence-electron chi connectivity index (χ0n) is 9.74. The van der Waals surface area contributed by atoms with Gasteiger partial charge in [0.05, 0.1) is 18.1 Å². The van der Waals surface area contributed by atoms with Crippen LogP contribution in [0.4, 0.5) is 5.69 Å². The molecule has 1 unspecified atom stereocenters. The van der Waals surface area contributed by atoms with E-state index in [9.17, 15) is 0 Å². The van der Waals surface area contributed by atoms with Crippen molar-refractivity contribution in [1.82, 2.24) is 4.90 Å². The molecule has 0 fully saturated rings. The lowest BCUT2D eigenvalue weighted by Gasteiger charge is -2.39. The molecule has 4 heteroatoms. The van der Waals surface area contributed by atoms with Crippen molar-refractivity contribution in [2.24, 2.45) is 10.7 Å². The summed E-state index contributed by atoms with van der Waals surface area (Å²) >= 11 is 5.96. The van der Waals surface area contributed by atoms with Gasteiger partial charge in [0, 0.05) is 23.2 Å². The van der Waals surface area contributed by atoms with E-state index in [1.54, 1.807) is 6.34 Å². The van der Waals surface area contributed by atoms with Gasteiger partial charge in [-0.05, 0) is 26.0 Å². The minimum absolute atomic E-state index is 0.122. The van der Waals surface area contributed by atoms with Crippen LogP contribution < -0.4 is 5.73 Å². The Kier molecular flexibility index (Phi) is 2.68. The average Bonchev–Trinajstić information content (AvgIpc) is 2.16. The molecule has 0 spiro atoms. The highest BCUT2D eigenvalue weighted by Crippen LogP contribution is 2.38. The van der Waals surface area contributed by atoms with E-state index in [1.807, 2.05) is 44.0 Å². The van der Waals surface area contributed by atoms with Gasteiger partial charge < -0.3 is 10.6 Å². The second kappa shape index (κ2) is 3.75. The number of rotatable bonds is 1. The maximum absolute atomic E-state index is 6.22. The summed E-state index contributed by atoms with van der Waals surface area (Å²) in [6, 6.07) is 5.88.